The third-order valence-corrected chi connectivity index (χ3v) is 5.16. The van der Waals surface area contributed by atoms with Crippen LogP contribution in [0.3, 0.4) is 0 Å². The fraction of sp³-hybridized carbons (Fsp3) is 0.385. The van der Waals surface area contributed by atoms with Crippen LogP contribution in [0.1, 0.15) is 24.2 Å². The molecule has 0 saturated heterocycles. The molecule has 1 N–H and O–H groups in total. The number of fused-ring (bicyclic) bond motifs is 1. The lowest BCUT2D eigenvalue weighted by Crippen LogP contribution is -2.35. The van der Waals surface area contributed by atoms with Gasteiger partial charge in [-0.2, -0.15) is 5.26 Å². The Morgan fingerprint density at radius 1 is 1.27 bits per heavy atom. The van der Waals surface area contributed by atoms with Gasteiger partial charge in [-0.15, -0.1) is 5.10 Å². The van der Waals surface area contributed by atoms with E-state index in [1.54, 1.807) is 4.68 Å². The number of hydrogen-bond acceptors (Lipinski definition) is 6. The molecule has 1 aromatic heterocycles. The van der Waals surface area contributed by atoms with Crippen molar-refractivity contribution in [2.24, 2.45) is 0 Å². The van der Waals surface area contributed by atoms with Gasteiger partial charge in [-0.25, -0.2) is 17.8 Å². The molecular weight excluding hydrogens is 304 g/mol. The number of nitrogens with one attached hydrogen (secondary N) is 1. The van der Waals surface area contributed by atoms with E-state index < -0.39 is 10.0 Å². The van der Waals surface area contributed by atoms with E-state index in [4.69, 9.17) is 5.26 Å². The molecule has 1 aliphatic heterocycles. The van der Waals surface area contributed by atoms with E-state index in [2.05, 4.69) is 20.2 Å². The highest BCUT2D eigenvalue weighted by Crippen LogP contribution is 2.16. The van der Waals surface area contributed by atoms with Gasteiger partial charge < -0.3 is 0 Å². The van der Waals surface area contributed by atoms with E-state index in [-0.39, 0.29) is 10.9 Å². The van der Waals surface area contributed by atoms with Crippen molar-refractivity contribution in [1.29, 1.82) is 5.26 Å². The van der Waals surface area contributed by atoms with E-state index in [1.807, 2.05) is 6.07 Å². The molecule has 114 valence electrons. The molecule has 1 aliphatic rings. The van der Waals surface area contributed by atoms with Crippen LogP contribution < -0.4 is 4.72 Å². The minimum Gasteiger partial charge on any atom is -0.230 e. The summed E-state index contributed by atoms with van der Waals surface area (Å²) in [4.78, 5) is 0.160. The summed E-state index contributed by atoms with van der Waals surface area (Å²) in [5.74, 6) is 0.778. The molecule has 0 aliphatic carbocycles. The number of benzene rings is 1. The van der Waals surface area contributed by atoms with Crippen molar-refractivity contribution in [3.8, 4) is 6.07 Å². The van der Waals surface area contributed by atoms with E-state index >= 15 is 0 Å². The van der Waals surface area contributed by atoms with Crippen LogP contribution in [-0.4, -0.2) is 34.7 Å². The molecule has 0 spiro atoms. The Labute approximate surface area is 127 Å². The van der Waals surface area contributed by atoms with Gasteiger partial charge in [0.1, 0.15) is 0 Å². The topological polar surface area (TPSA) is 114 Å². The zero-order chi connectivity index (χ0) is 15.6. The first kappa shape index (κ1) is 14.6. The number of nitrogens with zero attached hydrogens (tertiary/aromatic N) is 5. The maximum Gasteiger partial charge on any atom is 0.240 e. The molecule has 0 saturated carbocycles. The zero-order valence-corrected chi connectivity index (χ0v) is 12.5. The average molecular weight is 318 g/mol. The fourth-order valence-electron chi connectivity index (χ4n) is 2.42. The Morgan fingerprint density at radius 3 is 2.77 bits per heavy atom. The summed E-state index contributed by atoms with van der Waals surface area (Å²) in [7, 11) is -3.60. The van der Waals surface area contributed by atoms with Gasteiger partial charge >= 0.3 is 0 Å². The number of tetrazole rings is 1. The third kappa shape index (κ3) is 2.98. The van der Waals surface area contributed by atoms with Gasteiger partial charge in [0, 0.05) is 19.0 Å². The average Bonchev–Trinajstić information content (AvgIpc) is 2.89. The van der Waals surface area contributed by atoms with Crippen LogP contribution in [0.4, 0.5) is 0 Å². The van der Waals surface area contributed by atoms with Crippen molar-refractivity contribution in [1.82, 2.24) is 24.9 Å². The quantitative estimate of drug-likeness (QED) is 0.866. The van der Waals surface area contributed by atoms with Crippen molar-refractivity contribution in [3.05, 3.63) is 35.7 Å². The second kappa shape index (κ2) is 5.82. The summed E-state index contributed by atoms with van der Waals surface area (Å²) in [5.41, 5.74) is 0.428. The van der Waals surface area contributed by atoms with E-state index in [0.29, 0.717) is 31.4 Å². The SMILES string of the molecule is N#Cc1ccc(S(=O)(=O)NC2CCc3nnnn3CC2)cc1. The number of aromatic nitrogens is 4. The van der Waals surface area contributed by atoms with Gasteiger partial charge in [-0.1, -0.05) is 0 Å². The molecule has 22 heavy (non-hydrogen) atoms. The summed E-state index contributed by atoms with van der Waals surface area (Å²) in [6, 6.07) is 7.65. The van der Waals surface area contributed by atoms with E-state index in [0.717, 1.165) is 5.82 Å². The lowest BCUT2D eigenvalue weighted by molar-refractivity contribution is 0.478. The molecule has 0 bridgehead atoms. The predicted molar refractivity (Wildman–Crippen MR) is 76.0 cm³/mol. The Hall–Kier alpha value is -2.31. The minimum absolute atomic E-state index is 0.160. The van der Waals surface area contributed by atoms with Crippen molar-refractivity contribution in [3.63, 3.8) is 0 Å². The van der Waals surface area contributed by atoms with Crippen LogP contribution in [0.15, 0.2) is 29.2 Å². The van der Waals surface area contributed by atoms with Gasteiger partial charge in [0.05, 0.1) is 16.5 Å². The highest BCUT2D eigenvalue weighted by Gasteiger charge is 2.23. The second-order valence-electron chi connectivity index (χ2n) is 5.10. The molecule has 0 fully saturated rings. The van der Waals surface area contributed by atoms with E-state index in [1.165, 1.54) is 24.3 Å². The van der Waals surface area contributed by atoms with Crippen LogP contribution in [0.2, 0.25) is 0 Å². The van der Waals surface area contributed by atoms with Crippen LogP contribution >= 0.6 is 0 Å². The standard InChI is InChI=1S/C13H14N6O2S/c14-9-10-1-4-12(5-2-10)22(20,21)16-11-3-6-13-15-17-18-19(13)8-7-11/h1-2,4-5,11,16H,3,6-8H2. The maximum atomic E-state index is 12.4. The number of sulfonamides is 1. The third-order valence-electron chi connectivity index (χ3n) is 3.63. The molecule has 3 rings (SSSR count). The molecule has 1 aromatic carbocycles. The van der Waals surface area contributed by atoms with Crippen molar-refractivity contribution >= 4 is 10.0 Å². The van der Waals surface area contributed by atoms with Crippen LogP contribution in [-0.2, 0) is 23.0 Å². The van der Waals surface area contributed by atoms with Gasteiger partial charge in [0.2, 0.25) is 10.0 Å². The van der Waals surface area contributed by atoms with Crippen molar-refractivity contribution in [2.75, 3.05) is 0 Å². The van der Waals surface area contributed by atoms with Crippen molar-refractivity contribution in [2.45, 2.75) is 36.7 Å². The summed E-state index contributed by atoms with van der Waals surface area (Å²) < 4.78 is 29.2. The molecule has 0 radical (unpaired) electrons. The summed E-state index contributed by atoms with van der Waals surface area (Å²) in [6.45, 7) is 0.586. The van der Waals surface area contributed by atoms with Crippen molar-refractivity contribution < 1.29 is 8.42 Å². The summed E-state index contributed by atoms with van der Waals surface area (Å²) in [6.07, 6.45) is 1.91. The van der Waals surface area contributed by atoms with Crippen LogP contribution in [0.5, 0.6) is 0 Å². The molecular formula is C13H14N6O2S. The van der Waals surface area contributed by atoms with Gasteiger partial charge in [0.15, 0.2) is 5.82 Å². The van der Waals surface area contributed by atoms with Crippen LogP contribution in [0.25, 0.3) is 0 Å². The second-order valence-corrected chi connectivity index (χ2v) is 6.81. The van der Waals surface area contributed by atoms with Gasteiger partial charge in [-0.05, 0) is 47.5 Å². The molecule has 0 amide bonds. The Morgan fingerprint density at radius 2 is 2.05 bits per heavy atom. The largest absolute Gasteiger partial charge is 0.240 e. The number of aryl methyl sites for hydroxylation is 2. The van der Waals surface area contributed by atoms with Gasteiger partial charge in [-0.3, -0.25) is 0 Å². The molecule has 2 aromatic rings. The lowest BCUT2D eigenvalue weighted by atomic mass is 10.1. The molecule has 9 heteroatoms. The highest BCUT2D eigenvalue weighted by molar-refractivity contribution is 7.89. The van der Waals surface area contributed by atoms with Gasteiger partial charge in [0.25, 0.3) is 0 Å². The number of rotatable bonds is 3. The molecule has 1 unspecified atom stereocenters. The molecule has 2 heterocycles. The maximum absolute atomic E-state index is 12.4. The summed E-state index contributed by atoms with van der Waals surface area (Å²) >= 11 is 0. The number of nitriles is 1. The highest BCUT2D eigenvalue weighted by atomic mass is 32.2. The summed E-state index contributed by atoms with van der Waals surface area (Å²) in [5, 5.41) is 20.2. The normalized spacial score (nSPS) is 18.2. The Balaban J connectivity index is 1.71. The Bertz CT molecular complexity index is 783. The first-order valence-corrected chi connectivity index (χ1v) is 8.34. The predicted octanol–water partition coefficient (Wildman–Crippen LogP) is 0.228. The fourth-order valence-corrected chi connectivity index (χ4v) is 3.72. The first-order chi connectivity index (χ1) is 10.6. The minimum atomic E-state index is -3.60. The first-order valence-electron chi connectivity index (χ1n) is 6.86. The zero-order valence-electron chi connectivity index (χ0n) is 11.7. The smallest absolute Gasteiger partial charge is 0.230 e. The van der Waals surface area contributed by atoms with E-state index in [9.17, 15) is 8.42 Å². The Kier molecular flexibility index (Phi) is 3.87. The monoisotopic (exact) mass is 318 g/mol. The number of hydrogen-bond donors (Lipinski definition) is 1. The molecule has 8 nitrogen and oxygen atoms in total. The molecule has 1 atom stereocenters. The van der Waals surface area contributed by atoms with Crippen LogP contribution in [0, 0.1) is 11.3 Å². The lowest BCUT2D eigenvalue weighted by Gasteiger charge is -2.16.